The smallest absolute Gasteiger partial charge is 0.119 e. The van der Waals surface area contributed by atoms with Crippen molar-refractivity contribution in [1.82, 2.24) is 0 Å². The lowest BCUT2D eigenvalue weighted by Gasteiger charge is -2.16. The highest BCUT2D eigenvalue weighted by Crippen LogP contribution is 2.16. The summed E-state index contributed by atoms with van der Waals surface area (Å²) in [7, 11) is 0. The molecule has 21 heavy (non-hydrogen) atoms. The van der Waals surface area contributed by atoms with E-state index in [2.05, 4.69) is 18.3 Å². The minimum Gasteiger partial charge on any atom is -0.491 e. The molecule has 112 valence electrons. The average Bonchev–Trinajstić information content (AvgIpc) is 2.51. The fraction of sp³-hybridized carbons (Fsp3) is 0.333. The number of aryl methyl sites for hydroxylation is 2. The molecule has 0 aliphatic rings. The molecule has 0 bridgehead atoms. The SMILES string of the molecule is CCc1ccccc1NCC(O)COc1cccc(C)c1. The number of para-hydroxylation sites is 1. The number of anilines is 1. The van der Waals surface area contributed by atoms with E-state index in [-0.39, 0.29) is 6.61 Å². The van der Waals surface area contributed by atoms with Crippen LogP contribution in [0.1, 0.15) is 18.1 Å². The predicted molar refractivity (Wildman–Crippen MR) is 87.0 cm³/mol. The quantitative estimate of drug-likeness (QED) is 0.819. The molecule has 2 N–H and O–H groups in total. The standard InChI is InChI=1S/C18H23NO2/c1-3-15-8-4-5-10-18(15)19-12-16(20)13-21-17-9-6-7-14(2)11-17/h4-11,16,19-20H,3,12-13H2,1-2H3. The Bertz CT molecular complexity index is 569. The number of rotatable bonds is 7. The maximum atomic E-state index is 10.0. The van der Waals surface area contributed by atoms with Gasteiger partial charge in [-0.15, -0.1) is 0 Å². The van der Waals surface area contributed by atoms with Gasteiger partial charge < -0.3 is 15.2 Å². The third-order valence-corrected chi connectivity index (χ3v) is 3.36. The van der Waals surface area contributed by atoms with Crippen LogP contribution < -0.4 is 10.1 Å². The van der Waals surface area contributed by atoms with Crippen LogP contribution in [0.2, 0.25) is 0 Å². The van der Waals surface area contributed by atoms with Gasteiger partial charge in [-0.1, -0.05) is 37.3 Å². The maximum Gasteiger partial charge on any atom is 0.119 e. The van der Waals surface area contributed by atoms with E-state index >= 15 is 0 Å². The van der Waals surface area contributed by atoms with Crippen molar-refractivity contribution in [3.05, 3.63) is 59.7 Å². The summed E-state index contributed by atoms with van der Waals surface area (Å²) in [5.74, 6) is 0.794. The zero-order chi connectivity index (χ0) is 15.1. The van der Waals surface area contributed by atoms with Gasteiger partial charge in [0.05, 0.1) is 0 Å². The van der Waals surface area contributed by atoms with Gasteiger partial charge in [0.2, 0.25) is 0 Å². The Balaban J connectivity index is 1.81. The van der Waals surface area contributed by atoms with E-state index in [0.717, 1.165) is 23.4 Å². The van der Waals surface area contributed by atoms with Gasteiger partial charge in [-0.3, -0.25) is 0 Å². The lowest BCUT2D eigenvalue weighted by Crippen LogP contribution is -2.26. The molecule has 2 rings (SSSR count). The molecular formula is C18H23NO2. The first-order valence-electron chi connectivity index (χ1n) is 7.38. The van der Waals surface area contributed by atoms with Crippen LogP contribution >= 0.6 is 0 Å². The molecule has 1 unspecified atom stereocenters. The fourth-order valence-corrected chi connectivity index (χ4v) is 2.19. The summed E-state index contributed by atoms with van der Waals surface area (Å²) in [6, 6.07) is 16.0. The average molecular weight is 285 g/mol. The molecule has 0 aliphatic heterocycles. The van der Waals surface area contributed by atoms with Crippen LogP contribution in [0.5, 0.6) is 5.75 Å². The molecule has 0 amide bonds. The summed E-state index contributed by atoms with van der Waals surface area (Å²) in [5, 5.41) is 13.3. The van der Waals surface area contributed by atoms with Gasteiger partial charge >= 0.3 is 0 Å². The van der Waals surface area contributed by atoms with Crippen LogP contribution in [0.25, 0.3) is 0 Å². The number of aliphatic hydroxyl groups excluding tert-OH is 1. The van der Waals surface area contributed by atoms with Gasteiger partial charge in [-0.05, 0) is 42.7 Å². The first kappa shape index (κ1) is 15.4. The molecule has 3 nitrogen and oxygen atoms in total. The second-order valence-electron chi connectivity index (χ2n) is 5.17. The number of hydrogen-bond acceptors (Lipinski definition) is 3. The van der Waals surface area contributed by atoms with E-state index in [1.165, 1.54) is 5.56 Å². The van der Waals surface area contributed by atoms with Crippen molar-refractivity contribution in [3.63, 3.8) is 0 Å². The molecule has 2 aromatic carbocycles. The minimum absolute atomic E-state index is 0.282. The van der Waals surface area contributed by atoms with Crippen molar-refractivity contribution in [1.29, 1.82) is 0 Å². The highest BCUT2D eigenvalue weighted by molar-refractivity contribution is 5.51. The van der Waals surface area contributed by atoms with Crippen molar-refractivity contribution in [2.24, 2.45) is 0 Å². The Morgan fingerprint density at radius 1 is 1.14 bits per heavy atom. The van der Waals surface area contributed by atoms with Gasteiger partial charge in [-0.25, -0.2) is 0 Å². The van der Waals surface area contributed by atoms with Crippen molar-refractivity contribution >= 4 is 5.69 Å². The summed E-state index contributed by atoms with van der Waals surface area (Å²) in [6.45, 7) is 4.90. The highest BCUT2D eigenvalue weighted by Gasteiger charge is 2.07. The van der Waals surface area contributed by atoms with Gasteiger partial charge in [0, 0.05) is 12.2 Å². The monoisotopic (exact) mass is 285 g/mol. The Labute approximate surface area is 126 Å². The lowest BCUT2D eigenvalue weighted by atomic mass is 10.1. The molecule has 0 fully saturated rings. The minimum atomic E-state index is -0.546. The second-order valence-corrected chi connectivity index (χ2v) is 5.17. The predicted octanol–water partition coefficient (Wildman–Crippen LogP) is 3.41. The molecule has 2 aromatic rings. The zero-order valence-electron chi connectivity index (χ0n) is 12.7. The summed E-state index contributed by atoms with van der Waals surface area (Å²) in [6.07, 6.45) is 0.425. The van der Waals surface area contributed by atoms with E-state index in [0.29, 0.717) is 6.54 Å². The van der Waals surface area contributed by atoms with Gasteiger partial charge in [0.25, 0.3) is 0 Å². The normalized spacial score (nSPS) is 12.0. The Morgan fingerprint density at radius 3 is 2.71 bits per heavy atom. The topological polar surface area (TPSA) is 41.5 Å². The summed E-state index contributed by atoms with van der Waals surface area (Å²) >= 11 is 0. The first-order valence-corrected chi connectivity index (χ1v) is 7.38. The number of ether oxygens (including phenoxy) is 1. The molecule has 0 aromatic heterocycles. The van der Waals surface area contributed by atoms with Crippen LogP contribution in [0, 0.1) is 6.92 Å². The van der Waals surface area contributed by atoms with Crippen molar-refractivity contribution < 1.29 is 9.84 Å². The molecule has 0 aliphatic carbocycles. The molecular weight excluding hydrogens is 262 g/mol. The summed E-state index contributed by atoms with van der Waals surface area (Å²) in [5.41, 5.74) is 3.48. The van der Waals surface area contributed by atoms with Crippen LogP contribution in [0.3, 0.4) is 0 Å². The Kier molecular flexibility index (Phi) is 5.64. The van der Waals surface area contributed by atoms with Crippen molar-refractivity contribution in [2.75, 3.05) is 18.5 Å². The van der Waals surface area contributed by atoms with Gasteiger partial charge in [-0.2, -0.15) is 0 Å². The lowest BCUT2D eigenvalue weighted by molar-refractivity contribution is 0.117. The fourth-order valence-electron chi connectivity index (χ4n) is 2.19. The molecule has 0 radical (unpaired) electrons. The zero-order valence-corrected chi connectivity index (χ0v) is 12.7. The highest BCUT2D eigenvalue weighted by atomic mass is 16.5. The van der Waals surface area contributed by atoms with Crippen LogP contribution in [0.15, 0.2) is 48.5 Å². The maximum absolute atomic E-state index is 10.0. The third-order valence-electron chi connectivity index (χ3n) is 3.36. The van der Waals surface area contributed by atoms with Crippen molar-refractivity contribution in [2.45, 2.75) is 26.4 Å². The van der Waals surface area contributed by atoms with Crippen LogP contribution in [0.4, 0.5) is 5.69 Å². The molecule has 0 saturated carbocycles. The van der Waals surface area contributed by atoms with Crippen molar-refractivity contribution in [3.8, 4) is 5.75 Å². The summed E-state index contributed by atoms with van der Waals surface area (Å²) in [4.78, 5) is 0. The third kappa shape index (κ3) is 4.80. The van der Waals surface area contributed by atoms with E-state index in [9.17, 15) is 5.11 Å². The molecule has 0 heterocycles. The molecule has 1 atom stereocenters. The largest absolute Gasteiger partial charge is 0.491 e. The van der Waals surface area contributed by atoms with Crippen LogP contribution in [-0.4, -0.2) is 24.4 Å². The Hall–Kier alpha value is -2.00. The van der Waals surface area contributed by atoms with E-state index in [4.69, 9.17) is 4.74 Å². The Morgan fingerprint density at radius 2 is 1.95 bits per heavy atom. The molecule has 0 spiro atoms. The molecule has 3 heteroatoms. The van der Waals surface area contributed by atoms with Gasteiger partial charge in [0.15, 0.2) is 0 Å². The van der Waals surface area contributed by atoms with E-state index in [1.54, 1.807) is 0 Å². The summed E-state index contributed by atoms with van der Waals surface area (Å²) < 4.78 is 5.60. The first-order chi connectivity index (χ1) is 10.2. The number of nitrogens with one attached hydrogen (secondary N) is 1. The van der Waals surface area contributed by atoms with Gasteiger partial charge in [0.1, 0.15) is 18.5 Å². The number of hydrogen-bond donors (Lipinski definition) is 2. The van der Waals surface area contributed by atoms with E-state index in [1.807, 2.05) is 49.4 Å². The number of aliphatic hydroxyl groups is 1. The van der Waals surface area contributed by atoms with E-state index < -0.39 is 6.10 Å². The molecule has 0 saturated heterocycles. The number of benzene rings is 2. The second kappa shape index (κ2) is 7.70. The van der Waals surface area contributed by atoms with Crippen LogP contribution in [-0.2, 0) is 6.42 Å².